The summed E-state index contributed by atoms with van der Waals surface area (Å²) in [6.45, 7) is 14.1. The topological polar surface area (TPSA) is 99.1 Å². The summed E-state index contributed by atoms with van der Waals surface area (Å²) < 4.78 is 18.3. The van der Waals surface area contributed by atoms with E-state index >= 15 is 0 Å². The van der Waals surface area contributed by atoms with E-state index in [1.54, 1.807) is 0 Å². The third kappa shape index (κ3) is 2.90. The molecule has 0 aromatic heterocycles. The normalized spacial score (nSPS) is 51.5. The van der Waals surface area contributed by atoms with Gasteiger partial charge >= 0.3 is 17.9 Å². The highest BCUT2D eigenvalue weighted by molar-refractivity contribution is 5.91. The molecule has 7 rings (SSSR count). The quantitative estimate of drug-likeness (QED) is 0.229. The van der Waals surface area contributed by atoms with Crippen LogP contribution in [-0.4, -0.2) is 47.4 Å². The smallest absolute Gasteiger partial charge is 0.334 e. The molecule has 7 heteroatoms. The molecule has 5 fully saturated rings. The second kappa shape index (κ2) is 7.86. The van der Waals surface area contributed by atoms with Crippen LogP contribution in [0.25, 0.3) is 0 Å². The lowest BCUT2D eigenvalue weighted by atomic mass is 9.53. The lowest BCUT2D eigenvalue weighted by Crippen LogP contribution is -2.49. The Kier molecular flexibility index (Phi) is 5.15. The van der Waals surface area contributed by atoms with E-state index < -0.39 is 28.5 Å². The van der Waals surface area contributed by atoms with Crippen LogP contribution < -0.4 is 0 Å². The average molecular weight is 537 g/mol. The minimum atomic E-state index is -0.823. The fourth-order valence-corrected chi connectivity index (χ4v) is 10.7. The minimum absolute atomic E-state index is 0.0219. The molecule has 39 heavy (non-hydrogen) atoms. The molecule has 5 aliphatic carbocycles. The minimum Gasteiger partial charge on any atom is -0.461 e. The Morgan fingerprint density at radius 3 is 2.62 bits per heavy atom. The number of aliphatic hydroxyl groups excluding tert-OH is 1. The standard InChI is InChI=1S/C32H40O7/c1-14-7-8-25(34)30(6)12-24-22(11-20(14)30)32(29(36)39-24)13-31-15(2)9-23-19(16(3)28(35)38-23)10-21(31)17(4)26(32)27(31)37-18(5)33/h11,14-15,19,22-27,34H,3,7-10,12-13H2,1-2,4-6H3/t14-,15-,19+,22-,23-,24+,25+,26+,27?,30+,31-,32-/m1/s1. The largest absolute Gasteiger partial charge is 0.461 e. The fourth-order valence-electron chi connectivity index (χ4n) is 10.7. The maximum Gasteiger partial charge on any atom is 0.334 e. The third-order valence-corrected chi connectivity index (χ3v) is 12.5. The predicted octanol–water partition coefficient (Wildman–Crippen LogP) is 4.44. The zero-order valence-corrected chi connectivity index (χ0v) is 23.6. The van der Waals surface area contributed by atoms with Crippen molar-refractivity contribution < 1.29 is 33.7 Å². The van der Waals surface area contributed by atoms with Crippen molar-refractivity contribution in [1.82, 2.24) is 0 Å². The van der Waals surface area contributed by atoms with Crippen molar-refractivity contribution >= 4 is 17.9 Å². The summed E-state index contributed by atoms with van der Waals surface area (Å²) in [7, 11) is 0. The van der Waals surface area contributed by atoms with E-state index in [4.69, 9.17) is 14.2 Å². The van der Waals surface area contributed by atoms with Gasteiger partial charge in [-0.25, -0.2) is 4.79 Å². The zero-order valence-electron chi connectivity index (χ0n) is 23.6. The first kappa shape index (κ1) is 25.6. The van der Waals surface area contributed by atoms with Crippen molar-refractivity contribution in [2.75, 3.05) is 0 Å². The Morgan fingerprint density at radius 1 is 1.15 bits per heavy atom. The molecule has 2 aliphatic heterocycles. The van der Waals surface area contributed by atoms with Crippen LogP contribution in [0.15, 0.2) is 34.9 Å². The van der Waals surface area contributed by atoms with Gasteiger partial charge < -0.3 is 19.3 Å². The molecule has 2 bridgehead atoms. The Labute approximate surface area is 230 Å². The van der Waals surface area contributed by atoms with E-state index in [1.165, 1.54) is 18.1 Å². The predicted molar refractivity (Wildman–Crippen MR) is 141 cm³/mol. The molecule has 7 aliphatic rings. The molecule has 2 spiro atoms. The molecule has 0 aromatic rings. The number of hydrogen-bond donors (Lipinski definition) is 1. The molecular formula is C32H40O7. The first-order chi connectivity index (χ1) is 18.4. The number of esters is 3. The molecule has 2 saturated heterocycles. The van der Waals surface area contributed by atoms with Gasteiger partial charge in [0.15, 0.2) is 0 Å². The van der Waals surface area contributed by atoms with E-state index in [0.717, 1.165) is 18.4 Å². The van der Waals surface area contributed by atoms with Gasteiger partial charge in [0.1, 0.15) is 18.3 Å². The molecule has 210 valence electrons. The summed E-state index contributed by atoms with van der Waals surface area (Å²) in [5.74, 6) is -1.01. The molecule has 7 nitrogen and oxygen atoms in total. The van der Waals surface area contributed by atoms with Crippen LogP contribution in [0.3, 0.4) is 0 Å². The fraction of sp³-hybridized carbons (Fsp3) is 0.719. The van der Waals surface area contributed by atoms with Crippen LogP contribution in [0.1, 0.15) is 73.1 Å². The van der Waals surface area contributed by atoms with Crippen LogP contribution in [0, 0.1) is 45.8 Å². The SMILES string of the molecule is C=C1C(=O)O[C@@H]2C[C@@H](C)[C@]34C[C@]5(C(=O)O[C@H]6C[C@@]7(C)C(=C[C@H]65)[C@H](C)CC[C@@H]7O)[C@@H](C(C)=C3C[C@@H]12)C4OC(C)=O. The monoisotopic (exact) mass is 536 g/mol. The van der Waals surface area contributed by atoms with Gasteiger partial charge in [0.2, 0.25) is 0 Å². The lowest BCUT2D eigenvalue weighted by Gasteiger charge is -2.50. The van der Waals surface area contributed by atoms with E-state index in [0.29, 0.717) is 37.2 Å². The summed E-state index contributed by atoms with van der Waals surface area (Å²) in [5, 5.41) is 11.1. The average Bonchev–Trinajstić information content (AvgIpc) is 3.44. The molecule has 0 radical (unpaired) electrons. The van der Waals surface area contributed by atoms with Gasteiger partial charge in [-0.05, 0) is 57.3 Å². The van der Waals surface area contributed by atoms with Crippen LogP contribution in [-0.2, 0) is 28.6 Å². The Hall–Kier alpha value is -2.41. The van der Waals surface area contributed by atoms with Crippen molar-refractivity contribution in [2.45, 2.75) is 97.6 Å². The van der Waals surface area contributed by atoms with E-state index in [9.17, 15) is 19.5 Å². The molecular weight excluding hydrogens is 496 g/mol. The van der Waals surface area contributed by atoms with Crippen LogP contribution >= 0.6 is 0 Å². The zero-order chi connectivity index (χ0) is 27.8. The molecule has 1 N–H and O–H groups in total. The van der Waals surface area contributed by atoms with Crippen molar-refractivity contribution in [1.29, 1.82) is 0 Å². The first-order valence-corrected chi connectivity index (χ1v) is 14.7. The van der Waals surface area contributed by atoms with Gasteiger partial charge in [-0.2, -0.15) is 0 Å². The highest BCUT2D eigenvalue weighted by atomic mass is 16.6. The van der Waals surface area contributed by atoms with Gasteiger partial charge in [0, 0.05) is 41.1 Å². The van der Waals surface area contributed by atoms with Crippen molar-refractivity contribution in [3.8, 4) is 0 Å². The van der Waals surface area contributed by atoms with E-state index in [-0.39, 0.29) is 53.8 Å². The molecule has 1 unspecified atom stereocenters. The third-order valence-electron chi connectivity index (χ3n) is 12.5. The second-order valence-corrected chi connectivity index (χ2v) is 14.1. The van der Waals surface area contributed by atoms with Gasteiger partial charge in [-0.1, -0.05) is 50.1 Å². The molecule has 12 atom stereocenters. The lowest BCUT2D eigenvalue weighted by molar-refractivity contribution is -0.156. The number of carbonyl (C=O) groups excluding carboxylic acids is 3. The summed E-state index contributed by atoms with van der Waals surface area (Å²) in [6, 6.07) is 0. The number of aliphatic hydroxyl groups is 1. The number of rotatable bonds is 1. The van der Waals surface area contributed by atoms with Crippen molar-refractivity contribution in [3.05, 3.63) is 34.9 Å². The van der Waals surface area contributed by atoms with Gasteiger partial charge in [-0.3, -0.25) is 9.59 Å². The highest BCUT2D eigenvalue weighted by Crippen LogP contribution is 2.76. The summed E-state index contributed by atoms with van der Waals surface area (Å²) in [4.78, 5) is 39.2. The maximum atomic E-state index is 14.2. The first-order valence-electron chi connectivity index (χ1n) is 14.7. The summed E-state index contributed by atoms with van der Waals surface area (Å²) >= 11 is 0. The van der Waals surface area contributed by atoms with E-state index in [1.807, 2.05) is 0 Å². The highest BCUT2D eigenvalue weighted by Gasteiger charge is 2.79. The van der Waals surface area contributed by atoms with E-state index in [2.05, 4.69) is 40.3 Å². The Balaban J connectivity index is 1.39. The molecule has 2 heterocycles. The summed E-state index contributed by atoms with van der Waals surface area (Å²) in [5.41, 5.74) is 2.34. The Morgan fingerprint density at radius 2 is 1.90 bits per heavy atom. The molecule has 0 aromatic carbocycles. The number of ether oxygens (including phenoxy) is 3. The van der Waals surface area contributed by atoms with Gasteiger partial charge in [0.05, 0.1) is 11.5 Å². The van der Waals surface area contributed by atoms with Gasteiger partial charge in [0.25, 0.3) is 0 Å². The number of carbonyl (C=O) groups is 3. The van der Waals surface area contributed by atoms with Crippen molar-refractivity contribution in [2.24, 2.45) is 45.8 Å². The van der Waals surface area contributed by atoms with Gasteiger partial charge in [-0.15, -0.1) is 0 Å². The maximum absolute atomic E-state index is 14.2. The van der Waals surface area contributed by atoms with Crippen LogP contribution in [0.2, 0.25) is 0 Å². The molecule has 3 saturated carbocycles. The van der Waals surface area contributed by atoms with Crippen LogP contribution in [0.4, 0.5) is 0 Å². The molecule has 0 amide bonds. The Bertz CT molecular complexity index is 1280. The number of hydrogen-bond acceptors (Lipinski definition) is 7. The number of fused-ring (bicyclic) bond motifs is 6. The summed E-state index contributed by atoms with van der Waals surface area (Å²) in [6.07, 6.45) is 4.96. The van der Waals surface area contributed by atoms with Crippen LogP contribution in [0.5, 0.6) is 0 Å². The second-order valence-electron chi connectivity index (χ2n) is 14.1. The van der Waals surface area contributed by atoms with Crippen molar-refractivity contribution in [3.63, 3.8) is 0 Å².